The van der Waals surface area contributed by atoms with Crippen LogP contribution in [0.3, 0.4) is 0 Å². The molecule has 2 aromatic carbocycles. The average Bonchev–Trinajstić information content (AvgIpc) is 2.80. The average molecular weight is 543 g/mol. The second-order valence-corrected chi connectivity index (χ2v) is 11.3. The lowest BCUT2D eigenvalue weighted by Crippen LogP contribution is -2.47. The molecule has 1 atom stereocenters. The van der Waals surface area contributed by atoms with Gasteiger partial charge in [0, 0.05) is 31.1 Å². The first-order chi connectivity index (χ1) is 16.4. The standard InChI is InChI=1S/C25H33Cl2N3O4S/c1-5-14-28-25(32)19(3)29(17-20-10-8-18(2)9-11-20)24(31)7-6-15-30(35(4,33)34)23-16-21(26)12-13-22(23)27/h8-13,16,19H,5-7,14-15,17H2,1-4H3,(H,28,32)/t19-/m1/s1. The maximum Gasteiger partial charge on any atom is 0.242 e. The van der Waals surface area contributed by atoms with Crippen molar-refractivity contribution in [2.45, 2.75) is 52.6 Å². The number of carbonyl (C=O) groups excluding carboxylic acids is 2. The summed E-state index contributed by atoms with van der Waals surface area (Å²) in [5.74, 6) is -0.467. The first kappa shape index (κ1) is 28.9. The minimum Gasteiger partial charge on any atom is -0.354 e. The summed E-state index contributed by atoms with van der Waals surface area (Å²) in [4.78, 5) is 27.4. The van der Waals surface area contributed by atoms with Crippen LogP contribution in [0.2, 0.25) is 10.0 Å². The van der Waals surface area contributed by atoms with Crippen molar-refractivity contribution in [1.29, 1.82) is 0 Å². The van der Waals surface area contributed by atoms with Crippen LogP contribution in [-0.4, -0.2) is 50.5 Å². The van der Waals surface area contributed by atoms with Gasteiger partial charge in [-0.3, -0.25) is 13.9 Å². The minimum atomic E-state index is -3.67. The zero-order valence-corrected chi connectivity index (χ0v) is 22.9. The summed E-state index contributed by atoms with van der Waals surface area (Å²) >= 11 is 12.3. The Morgan fingerprint density at radius 3 is 2.34 bits per heavy atom. The fourth-order valence-electron chi connectivity index (χ4n) is 3.53. The maximum absolute atomic E-state index is 13.3. The SMILES string of the molecule is CCCNC(=O)[C@@H](C)N(Cc1ccc(C)cc1)C(=O)CCCN(c1cc(Cl)ccc1Cl)S(C)(=O)=O. The molecule has 35 heavy (non-hydrogen) atoms. The number of amides is 2. The molecule has 0 saturated heterocycles. The number of carbonyl (C=O) groups is 2. The molecule has 7 nitrogen and oxygen atoms in total. The fourth-order valence-corrected chi connectivity index (χ4v) is 4.93. The highest BCUT2D eigenvalue weighted by Crippen LogP contribution is 2.31. The quantitative estimate of drug-likeness (QED) is 0.418. The van der Waals surface area contributed by atoms with E-state index in [1.54, 1.807) is 13.0 Å². The first-order valence-corrected chi connectivity index (χ1v) is 14.1. The minimum absolute atomic E-state index is 0.0411. The molecule has 2 aromatic rings. The topological polar surface area (TPSA) is 86.8 Å². The van der Waals surface area contributed by atoms with Crippen LogP contribution in [0.4, 0.5) is 5.69 Å². The second kappa shape index (κ2) is 13.1. The highest BCUT2D eigenvalue weighted by atomic mass is 35.5. The Hall–Kier alpha value is -2.29. The van der Waals surface area contributed by atoms with Gasteiger partial charge in [-0.2, -0.15) is 0 Å². The smallest absolute Gasteiger partial charge is 0.242 e. The van der Waals surface area contributed by atoms with Gasteiger partial charge in [0.1, 0.15) is 6.04 Å². The Morgan fingerprint density at radius 1 is 1.09 bits per heavy atom. The van der Waals surface area contributed by atoms with Crippen LogP contribution in [-0.2, 0) is 26.2 Å². The van der Waals surface area contributed by atoms with Crippen molar-refractivity contribution >= 4 is 50.7 Å². The van der Waals surface area contributed by atoms with Crippen molar-refractivity contribution in [3.05, 3.63) is 63.6 Å². The van der Waals surface area contributed by atoms with E-state index >= 15 is 0 Å². The summed E-state index contributed by atoms with van der Waals surface area (Å²) in [5, 5.41) is 3.44. The lowest BCUT2D eigenvalue weighted by molar-refractivity contribution is -0.140. The van der Waals surface area contributed by atoms with Gasteiger partial charge in [0.2, 0.25) is 21.8 Å². The van der Waals surface area contributed by atoms with Crippen molar-refractivity contribution in [3.8, 4) is 0 Å². The number of nitrogens with one attached hydrogen (secondary N) is 1. The van der Waals surface area contributed by atoms with E-state index in [0.717, 1.165) is 28.1 Å². The normalized spacial score (nSPS) is 12.2. The number of sulfonamides is 1. The molecule has 0 radical (unpaired) electrons. The molecule has 0 heterocycles. The highest BCUT2D eigenvalue weighted by Gasteiger charge is 2.27. The number of aryl methyl sites for hydroxylation is 1. The second-order valence-electron chi connectivity index (χ2n) is 8.51. The number of halogens is 2. The number of benzene rings is 2. The third kappa shape index (κ3) is 8.70. The van der Waals surface area contributed by atoms with Gasteiger partial charge in [0.15, 0.2) is 0 Å². The van der Waals surface area contributed by atoms with Gasteiger partial charge in [0.05, 0.1) is 17.0 Å². The van der Waals surface area contributed by atoms with Gasteiger partial charge < -0.3 is 10.2 Å². The van der Waals surface area contributed by atoms with Crippen LogP contribution in [0, 0.1) is 6.92 Å². The molecule has 0 aromatic heterocycles. The Labute approximate surface area is 218 Å². The summed E-state index contributed by atoms with van der Waals surface area (Å²) in [6.07, 6.45) is 2.16. The van der Waals surface area contributed by atoms with Crippen molar-refractivity contribution in [1.82, 2.24) is 10.2 Å². The summed E-state index contributed by atoms with van der Waals surface area (Å²) in [7, 11) is -3.67. The van der Waals surface area contributed by atoms with Gasteiger partial charge in [-0.15, -0.1) is 0 Å². The Balaban J connectivity index is 2.18. The molecule has 0 bridgehead atoms. The number of rotatable bonds is 12. The van der Waals surface area contributed by atoms with Crippen LogP contribution < -0.4 is 9.62 Å². The molecule has 0 fully saturated rings. The molecule has 0 spiro atoms. The van der Waals surface area contributed by atoms with E-state index in [2.05, 4.69) is 5.32 Å². The van der Waals surface area contributed by atoms with E-state index in [4.69, 9.17) is 23.2 Å². The molecular formula is C25H33Cl2N3O4S. The van der Waals surface area contributed by atoms with Gasteiger partial charge in [-0.25, -0.2) is 8.42 Å². The van der Waals surface area contributed by atoms with Crippen LogP contribution in [0.1, 0.15) is 44.2 Å². The van der Waals surface area contributed by atoms with Crippen molar-refractivity contribution in [2.24, 2.45) is 0 Å². The van der Waals surface area contributed by atoms with E-state index in [1.807, 2.05) is 38.1 Å². The van der Waals surface area contributed by atoms with Gasteiger partial charge in [0.25, 0.3) is 0 Å². The largest absolute Gasteiger partial charge is 0.354 e. The third-order valence-electron chi connectivity index (χ3n) is 5.52. The van der Waals surface area contributed by atoms with E-state index < -0.39 is 16.1 Å². The Morgan fingerprint density at radius 2 is 1.74 bits per heavy atom. The molecule has 10 heteroatoms. The number of anilines is 1. The fraction of sp³-hybridized carbons (Fsp3) is 0.440. The monoisotopic (exact) mass is 541 g/mol. The zero-order chi connectivity index (χ0) is 26.2. The lowest BCUT2D eigenvalue weighted by Gasteiger charge is -2.29. The molecule has 0 aliphatic rings. The Kier molecular flexibility index (Phi) is 10.9. The van der Waals surface area contributed by atoms with Gasteiger partial charge in [-0.05, 0) is 50.5 Å². The van der Waals surface area contributed by atoms with Crippen LogP contribution in [0.25, 0.3) is 0 Å². The van der Waals surface area contributed by atoms with Crippen LogP contribution >= 0.6 is 23.2 Å². The van der Waals surface area contributed by atoms with Gasteiger partial charge >= 0.3 is 0 Å². The van der Waals surface area contributed by atoms with Crippen LogP contribution in [0.15, 0.2) is 42.5 Å². The van der Waals surface area contributed by atoms with E-state index in [1.165, 1.54) is 17.0 Å². The molecule has 2 amide bonds. The summed E-state index contributed by atoms with van der Waals surface area (Å²) in [6.45, 7) is 6.48. The molecule has 0 aliphatic carbocycles. The predicted octanol–water partition coefficient (Wildman–Crippen LogP) is 4.79. The molecule has 1 N–H and O–H groups in total. The molecule has 0 unspecified atom stereocenters. The summed E-state index contributed by atoms with van der Waals surface area (Å²) in [5.41, 5.74) is 2.27. The predicted molar refractivity (Wildman–Crippen MR) is 142 cm³/mol. The number of nitrogens with zero attached hydrogens (tertiary/aromatic N) is 2. The van der Waals surface area contributed by atoms with Crippen molar-refractivity contribution < 1.29 is 18.0 Å². The first-order valence-electron chi connectivity index (χ1n) is 11.5. The highest BCUT2D eigenvalue weighted by molar-refractivity contribution is 7.92. The van der Waals surface area contributed by atoms with Crippen molar-refractivity contribution in [3.63, 3.8) is 0 Å². The molecule has 0 aliphatic heterocycles. The van der Waals surface area contributed by atoms with E-state index in [0.29, 0.717) is 11.6 Å². The van der Waals surface area contributed by atoms with Gasteiger partial charge in [-0.1, -0.05) is 60.0 Å². The third-order valence-corrected chi connectivity index (χ3v) is 7.25. The summed E-state index contributed by atoms with van der Waals surface area (Å²) < 4.78 is 26.0. The zero-order valence-electron chi connectivity index (χ0n) is 20.6. The molecular weight excluding hydrogens is 509 g/mol. The maximum atomic E-state index is 13.3. The lowest BCUT2D eigenvalue weighted by atomic mass is 10.1. The Bertz CT molecular complexity index is 1120. The van der Waals surface area contributed by atoms with E-state index in [9.17, 15) is 18.0 Å². The van der Waals surface area contributed by atoms with Crippen molar-refractivity contribution in [2.75, 3.05) is 23.7 Å². The summed E-state index contributed by atoms with van der Waals surface area (Å²) in [6, 6.07) is 11.7. The molecule has 192 valence electrons. The molecule has 2 rings (SSSR count). The van der Waals surface area contributed by atoms with Crippen LogP contribution in [0.5, 0.6) is 0 Å². The number of hydrogen-bond acceptors (Lipinski definition) is 4. The number of hydrogen-bond donors (Lipinski definition) is 1. The molecule has 0 saturated carbocycles. The van der Waals surface area contributed by atoms with E-state index in [-0.39, 0.29) is 48.5 Å².